The number of hydrogen-bond acceptors (Lipinski definition) is 3. The minimum Gasteiger partial charge on any atom is -0.381 e. The second-order valence-electron chi connectivity index (χ2n) is 5.16. The molecule has 2 N–H and O–H groups in total. The molecule has 0 atom stereocenters. The number of rotatable bonds is 4. The van der Waals surface area contributed by atoms with Crippen LogP contribution in [0.2, 0.25) is 0 Å². The molecule has 3 nitrogen and oxygen atoms in total. The second-order valence-corrected chi connectivity index (χ2v) is 5.16. The molecule has 1 aliphatic carbocycles. The van der Waals surface area contributed by atoms with E-state index in [4.69, 9.17) is 10.5 Å². The van der Waals surface area contributed by atoms with Crippen LogP contribution in [0, 0.1) is 0 Å². The Kier molecular flexibility index (Phi) is 5.07. The fraction of sp³-hybridized carbons (Fsp3) is 1.00. The van der Waals surface area contributed by atoms with Crippen molar-refractivity contribution in [2.24, 2.45) is 5.73 Å². The molecule has 0 radical (unpaired) electrons. The Hall–Kier alpha value is -0.120. The predicted molar refractivity (Wildman–Crippen MR) is 66.5 cm³/mol. The summed E-state index contributed by atoms with van der Waals surface area (Å²) in [6.45, 7) is 3.76. The molecule has 0 aromatic heterocycles. The van der Waals surface area contributed by atoms with Crippen molar-refractivity contribution in [2.45, 2.75) is 57.0 Å². The summed E-state index contributed by atoms with van der Waals surface area (Å²) in [4.78, 5) is 2.70. The summed E-state index contributed by atoms with van der Waals surface area (Å²) < 4.78 is 5.46. The van der Waals surface area contributed by atoms with Crippen LogP contribution in [-0.2, 0) is 4.74 Å². The van der Waals surface area contributed by atoms with Gasteiger partial charge in [-0.25, -0.2) is 0 Å². The lowest BCUT2D eigenvalue weighted by Crippen LogP contribution is -2.48. The third kappa shape index (κ3) is 3.19. The van der Waals surface area contributed by atoms with E-state index in [9.17, 15) is 0 Å². The maximum Gasteiger partial charge on any atom is 0.0480 e. The Bertz CT molecular complexity index is 168. The quantitative estimate of drug-likeness (QED) is 0.794. The van der Waals surface area contributed by atoms with E-state index >= 15 is 0 Å². The molecular weight excluding hydrogens is 200 g/mol. The zero-order chi connectivity index (χ0) is 11.2. The van der Waals surface area contributed by atoms with E-state index in [1.807, 2.05) is 0 Å². The molecule has 0 aromatic rings. The van der Waals surface area contributed by atoms with E-state index in [0.717, 1.165) is 38.4 Å². The number of ether oxygens (including phenoxy) is 1. The molecule has 94 valence electrons. The van der Waals surface area contributed by atoms with Gasteiger partial charge in [-0.15, -0.1) is 0 Å². The molecule has 2 fully saturated rings. The molecular formula is C13H26N2O. The lowest BCUT2D eigenvalue weighted by atomic mass is 9.92. The van der Waals surface area contributed by atoms with Crippen molar-refractivity contribution in [3.63, 3.8) is 0 Å². The molecule has 0 aromatic carbocycles. The van der Waals surface area contributed by atoms with Gasteiger partial charge in [0.2, 0.25) is 0 Å². The zero-order valence-electron chi connectivity index (χ0n) is 10.4. The monoisotopic (exact) mass is 226 g/mol. The van der Waals surface area contributed by atoms with Crippen LogP contribution in [0.5, 0.6) is 0 Å². The maximum absolute atomic E-state index is 5.77. The minimum absolute atomic E-state index is 0.736. The predicted octanol–water partition coefficient (Wildman–Crippen LogP) is 1.76. The summed E-state index contributed by atoms with van der Waals surface area (Å²) in [5, 5.41) is 0. The molecule has 1 heterocycles. The lowest BCUT2D eigenvalue weighted by Gasteiger charge is -2.41. The molecule has 0 spiro atoms. The van der Waals surface area contributed by atoms with Gasteiger partial charge in [0.05, 0.1) is 0 Å². The highest BCUT2D eigenvalue weighted by Gasteiger charge is 2.28. The summed E-state index contributed by atoms with van der Waals surface area (Å²) in [5.41, 5.74) is 5.77. The van der Waals surface area contributed by atoms with Crippen molar-refractivity contribution < 1.29 is 4.74 Å². The SMILES string of the molecule is NCCN(C1CCCCC1)C1CCOCC1. The van der Waals surface area contributed by atoms with Gasteiger partial charge in [-0.2, -0.15) is 0 Å². The molecule has 1 saturated heterocycles. The molecule has 2 rings (SSSR count). The van der Waals surface area contributed by atoms with Crippen LogP contribution < -0.4 is 5.73 Å². The lowest BCUT2D eigenvalue weighted by molar-refractivity contribution is 0.0106. The maximum atomic E-state index is 5.77. The highest BCUT2D eigenvalue weighted by atomic mass is 16.5. The van der Waals surface area contributed by atoms with E-state index < -0.39 is 0 Å². The van der Waals surface area contributed by atoms with E-state index in [0.29, 0.717) is 0 Å². The Morgan fingerprint density at radius 1 is 0.938 bits per heavy atom. The molecule has 0 amide bonds. The van der Waals surface area contributed by atoms with Gasteiger partial charge in [-0.05, 0) is 25.7 Å². The van der Waals surface area contributed by atoms with Crippen molar-refractivity contribution >= 4 is 0 Å². The van der Waals surface area contributed by atoms with Gasteiger partial charge in [-0.1, -0.05) is 19.3 Å². The molecule has 2 aliphatic rings. The van der Waals surface area contributed by atoms with Crippen molar-refractivity contribution in [1.29, 1.82) is 0 Å². The van der Waals surface area contributed by atoms with Crippen molar-refractivity contribution in [1.82, 2.24) is 4.90 Å². The first-order valence-electron chi connectivity index (χ1n) is 6.95. The second kappa shape index (κ2) is 6.58. The average Bonchev–Trinajstić information content (AvgIpc) is 2.38. The Morgan fingerprint density at radius 3 is 2.19 bits per heavy atom. The van der Waals surface area contributed by atoms with Crippen LogP contribution in [0.3, 0.4) is 0 Å². The third-order valence-electron chi connectivity index (χ3n) is 4.09. The number of hydrogen-bond donors (Lipinski definition) is 1. The van der Waals surface area contributed by atoms with E-state index in [1.54, 1.807) is 0 Å². The first kappa shape index (κ1) is 12.3. The van der Waals surface area contributed by atoms with Gasteiger partial charge in [-0.3, -0.25) is 4.90 Å². The Morgan fingerprint density at radius 2 is 1.56 bits per heavy atom. The van der Waals surface area contributed by atoms with Crippen LogP contribution >= 0.6 is 0 Å². The van der Waals surface area contributed by atoms with E-state index in [-0.39, 0.29) is 0 Å². The van der Waals surface area contributed by atoms with E-state index in [1.165, 1.54) is 44.9 Å². The van der Waals surface area contributed by atoms with Gasteiger partial charge in [0.15, 0.2) is 0 Å². The summed E-state index contributed by atoms with van der Waals surface area (Å²) in [6, 6.07) is 1.54. The fourth-order valence-electron chi connectivity index (χ4n) is 3.24. The van der Waals surface area contributed by atoms with Crippen LogP contribution in [0.15, 0.2) is 0 Å². The largest absolute Gasteiger partial charge is 0.381 e. The molecule has 0 bridgehead atoms. The van der Waals surface area contributed by atoms with Crippen LogP contribution in [-0.4, -0.2) is 43.3 Å². The van der Waals surface area contributed by atoms with Crippen molar-refractivity contribution in [3.8, 4) is 0 Å². The van der Waals surface area contributed by atoms with Crippen molar-refractivity contribution in [3.05, 3.63) is 0 Å². The Labute approximate surface area is 99.3 Å². The van der Waals surface area contributed by atoms with E-state index in [2.05, 4.69) is 4.90 Å². The van der Waals surface area contributed by atoms with Crippen LogP contribution in [0.4, 0.5) is 0 Å². The summed E-state index contributed by atoms with van der Waals surface area (Å²) in [7, 11) is 0. The average molecular weight is 226 g/mol. The zero-order valence-corrected chi connectivity index (χ0v) is 10.4. The Balaban J connectivity index is 1.91. The highest BCUT2D eigenvalue weighted by molar-refractivity contribution is 4.83. The minimum atomic E-state index is 0.736. The van der Waals surface area contributed by atoms with Gasteiger partial charge < -0.3 is 10.5 Å². The highest BCUT2D eigenvalue weighted by Crippen LogP contribution is 2.26. The molecule has 0 unspecified atom stereocenters. The summed E-state index contributed by atoms with van der Waals surface area (Å²) in [6.07, 6.45) is 9.44. The normalized spacial score (nSPS) is 25.1. The number of nitrogens with two attached hydrogens (primary N) is 1. The topological polar surface area (TPSA) is 38.5 Å². The summed E-state index contributed by atoms with van der Waals surface area (Å²) >= 11 is 0. The van der Waals surface area contributed by atoms with Gasteiger partial charge in [0.1, 0.15) is 0 Å². The first-order chi connectivity index (χ1) is 7.92. The fourth-order valence-corrected chi connectivity index (χ4v) is 3.24. The molecule has 3 heteroatoms. The van der Waals surface area contributed by atoms with Crippen molar-refractivity contribution in [2.75, 3.05) is 26.3 Å². The van der Waals surface area contributed by atoms with Gasteiger partial charge in [0.25, 0.3) is 0 Å². The smallest absolute Gasteiger partial charge is 0.0480 e. The summed E-state index contributed by atoms with van der Waals surface area (Å²) in [5.74, 6) is 0. The first-order valence-corrected chi connectivity index (χ1v) is 6.95. The van der Waals surface area contributed by atoms with Crippen LogP contribution in [0.1, 0.15) is 44.9 Å². The number of nitrogens with zero attached hydrogens (tertiary/aromatic N) is 1. The van der Waals surface area contributed by atoms with Gasteiger partial charge >= 0.3 is 0 Å². The van der Waals surface area contributed by atoms with Crippen LogP contribution in [0.25, 0.3) is 0 Å². The molecule has 16 heavy (non-hydrogen) atoms. The standard InChI is InChI=1S/C13H26N2O/c14-8-9-15(12-4-2-1-3-5-12)13-6-10-16-11-7-13/h12-13H,1-11,14H2. The third-order valence-corrected chi connectivity index (χ3v) is 4.09. The van der Waals surface area contributed by atoms with Gasteiger partial charge in [0, 0.05) is 38.4 Å². The molecule has 1 aliphatic heterocycles. The molecule has 1 saturated carbocycles.